The first kappa shape index (κ1) is 17.0. The Morgan fingerprint density at radius 2 is 1.81 bits per heavy atom. The maximum absolute atomic E-state index is 12.7. The van der Waals surface area contributed by atoms with E-state index < -0.39 is 0 Å². The predicted molar refractivity (Wildman–Crippen MR) is 100 cm³/mol. The van der Waals surface area contributed by atoms with Gasteiger partial charge in [-0.25, -0.2) is 4.79 Å². The first-order chi connectivity index (χ1) is 13.2. The highest BCUT2D eigenvalue weighted by Crippen LogP contribution is 2.39. The summed E-state index contributed by atoms with van der Waals surface area (Å²) in [5, 5.41) is 0. The van der Waals surface area contributed by atoms with Gasteiger partial charge in [0.1, 0.15) is 5.75 Å². The van der Waals surface area contributed by atoms with E-state index in [-0.39, 0.29) is 12.8 Å². The first-order valence-corrected chi connectivity index (χ1v) is 8.64. The molecule has 0 spiro atoms. The number of aromatic amines is 1. The second kappa shape index (κ2) is 7.07. The number of esters is 1. The average molecular weight is 365 g/mol. The van der Waals surface area contributed by atoms with Gasteiger partial charge in [-0.15, -0.1) is 0 Å². The zero-order valence-electron chi connectivity index (χ0n) is 15.1. The average Bonchev–Trinajstić information content (AvgIpc) is 3.34. The number of nitrogens with one attached hydrogen (secondary N) is 1. The van der Waals surface area contributed by atoms with Gasteiger partial charge in [0.15, 0.2) is 11.5 Å². The van der Waals surface area contributed by atoms with Crippen molar-refractivity contribution in [1.82, 2.24) is 4.98 Å². The molecule has 138 valence electrons. The van der Waals surface area contributed by atoms with E-state index in [2.05, 4.69) is 4.98 Å². The van der Waals surface area contributed by atoms with Crippen LogP contribution in [0, 0.1) is 0 Å². The lowest BCUT2D eigenvalue weighted by Crippen LogP contribution is -2.06. The fourth-order valence-electron chi connectivity index (χ4n) is 3.12. The summed E-state index contributed by atoms with van der Waals surface area (Å²) in [6.07, 6.45) is 1.81. The molecule has 1 aromatic heterocycles. The van der Waals surface area contributed by atoms with Crippen LogP contribution in [0.3, 0.4) is 0 Å². The van der Waals surface area contributed by atoms with Gasteiger partial charge < -0.3 is 23.9 Å². The van der Waals surface area contributed by atoms with Crippen LogP contribution < -0.4 is 14.2 Å². The smallest absolute Gasteiger partial charge is 0.340 e. The molecule has 0 radical (unpaired) electrons. The van der Waals surface area contributed by atoms with Crippen molar-refractivity contribution < 1.29 is 23.7 Å². The fourth-order valence-corrected chi connectivity index (χ4v) is 3.12. The van der Waals surface area contributed by atoms with Gasteiger partial charge in [0.25, 0.3) is 0 Å². The topological polar surface area (TPSA) is 69.8 Å². The van der Waals surface area contributed by atoms with Gasteiger partial charge in [-0.2, -0.15) is 0 Å². The standard InChI is InChI=1S/C21H19NO5/c1-3-25-21(23)19-16(14-6-9-17-18(10-14)27-12-26-17)11-22-20(19)13-4-7-15(24-2)8-5-13/h4-11,22H,3,12H2,1-2H3. The van der Waals surface area contributed by atoms with E-state index in [9.17, 15) is 4.79 Å². The molecule has 0 amide bonds. The van der Waals surface area contributed by atoms with Crippen LogP contribution in [0.4, 0.5) is 0 Å². The van der Waals surface area contributed by atoms with Gasteiger partial charge in [0.05, 0.1) is 25.0 Å². The molecule has 0 bridgehead atoms. The molecule has 6 heteroatoms. The summed E-state index contributed by atoms with van der Waals surface area (Å²) >= 11 is 0. The van der Waals surface area contributed by atoms with Crippen LogP contribution >= 0.6 is 0 Å². The molecule has 2 aromatic carbocycles. The summed E-state index contributed by atoms with van der Waals surface area (Å²) in [6.45, 7) is 2.29. The second-order valence-corrected chi connectivity index (χ2v) is 5.97. The van der Waals surface area contributed by atoms with Crippen molar-refractivity contribution in [3.05, 3.63) is 54.2 Å². The van der Waals surface area contributed by atoms with Crippen LogP contribution in [0.2, 0.25) is 0 Å². The first-order valence-electron chi connectivity index (χ1n) is 8.64. The minimum atomic E-state index is -0.378. The van der Waals surface area contributed by atoms with Gasteiger partial charge in [0.2, 0.25) is 6.79 Å². The Kier molecular flexibility index (Phi) is 4.46. The predicted octanol–water partition coefficient (Wildman–Crippen LogP) is 4.26. The monoisotopic (exact) mass is 365 g/mol. The molecule has 4 rings (SSSR count). The highest BCUT2D eigenvalue weighted by molar-refractivity contribution is 6.03. The summed E-state index contributed by atoms with van der Waals surface area (Å²) in [5.41, 5.74) is 3.64. The number of fused-ring (bicyclic) bond motifs is 1. The Bertz CT molecular complexity index is 975. The summed E-state index contributed by atoms with van der Waals surface area (Å²) in [6, 6.07) is 13.1. The maximum Gasteiger partial charge on any atom is 0.340 e. The number of hydrogen-bond acceptors (Lipinski definition) is 5. The van der Waals surface area contributed by atoms with E-state index in [4.69, 9.17) is 18.9 Å². The third-order valence-corrected chi connectivity index (χ3v) is 4.42. The number of carbonyl (C=O) groups excluding carboxylic acids is 1. The minimum Gasteiger partial charge on any atom is -0.497 e. The Morgan fingerprint density at radius 3 is 2.56 bits per heavy atom. The third kappa shape index (κ3) is 3.10. The molecule has 1 N–H and O–H groups in total. The van der Waals surface area contributed by atoms with E-state index in [1.54, 1.807) is 14.0 Å². The van der Waals surface area contributed by atoms with Crippen molar-refractivity contribution in [2.75, 3.05) is 20.5 Å². The Balaban J connectivity index is 1.82. The number of aromatic nitrogens is 1. The summed E-state index contributed by atoms with van der Waals surface area (Å²) in [7, 11) is 1.62. The van der Waals surface area contributed by atoms with E-state index in [1.807, 2.05) is 48.7 Å². The molecule has 6 nitrogen and oxygen atoms in total. The van der Waals surface area contributed by atoms with Gasteiger partial charge in [0, 0.05) is 11.8 Å². The number of benzene rings is 2. The molecule has 0 unspecified atom stereocenters. The van der Waals surface area contributed by atoms with Gasteiger partial charge in [-0.3, -0.25) is 0 Å². The van der Waals surface area contributed by atoms with E-state index >= 15 is 0 Å². The maximum atomic E-state index is 12.7. The molecule has 0 aliphatic carbocycles. The third-order valence-electron chi connectivity index (χ3n) is 4.42. The lowest BCUT2D eigenvalue weighted by molar-refractivity contribution is 0.0528. The lowest BCUT2D eigenvalue weighted by Gasteiger charge is -2.09. The molecule has 0 saturated heterocycles. The highest BCUT2D eigenvalue weighted by Gasteiger charge is 2.23. The summed E-state index contributed by atoms with van der Waals surface area (Å²) < 4.78 is 21.4. The molecule has 0 atom stereocenters. The van der Waals surface area contributed by atoms with Crippen LogP contribution in [0.1, 0.15) is 17.3 Å². The van der Waals surface area contributed by atoms with Crippen molar-refractivity contribution >= 4 is 5.97 Å². The minimum absolute atomic E-state index is 0.202. The van der Waals surface area contributed by atoms with Gasteiger partial charge >= 0.3 is 5.97 Å². The molecule has 2 heterocycles. The zero-order valence-corrected chi connectivity index (χ0v) is 15.1. The Morgan fingerprint density at radius 1 is 1.07 bits per heavy atom. The fraction of sp³-hybridized carbons (Fsp3) is 0.190. The molecular formula is C21H19NO5. The van der Waals surface area contributed by atoms with Crippen LogP contribution in [0.15, 0.2) is 48.7 Å². The Hall–Kier alpha value is -3.41. The van der Waals surface area contributed by atoms with Crippen molar-refractivity contribution in [2.24, 2.45) is 0 Å². The molecule has 0 fully saturated rings. The zero-order chi connectivity index (χ0) is 18.8. The number of H-pyrrole nitrogens is 1. The number of carbonyl (C=O) groups is 1. The summed E-state index contributed by atoms with van der Waals surface area (Å²) in [4.78, 5) is 15.9. The van der Waals surface area contributed by atoms with E-state index in [0.29, 0.717) is 29.4 Å². The van der Waals surface area contributed by atoms with Crippen LogP contribution in [-0.2, 0) is 4.74 Å². The van der Waals surface area contributed by atoms with Gasteiger partial charge in [-0.1, -0.05) is 6.07 Å². The molecule has 3 aromatic rings. The number of ether oxygens (including phenoxy) is 4. The number of rotatable bonds is 5. The van der Waals surface area contributed by atoms with Crippen LogP contribution in [-0.4, -0.2) is 31.5 Å². The van der Waals surface area contributed by atoms with Crippen LogP contribution in [0.25, 0.3) is 22.4 Å². The normalized spacial score (nSPS) is 12.1. The van der Waals surface area contributed by atoms with Crippen molar-refractivity contribution in [3.63, 3.8) is 0 Å². The van der Waals surface area contributed by atoms with E-state index in [1.165, 1.54) is 0 Å². The van der Waals surface area contributed by atoms with Crippen molar-refractivity contribution in [1.29, 1.82) is 0 Å². The van der Waals surface area contributed by atoms with Crippen molar-refractivity contribution in [3.8, 4) is 39.6 Å². The van der Waals surface area contributed by atoms with Gasteiger partial charge in [-0.05, 0) is 54.4 Å². The SMILES string of the molecule is CCOC(=O)c1c(-c2ccc3c(c2)OCO3)c[nH]c1-c1ccc(OC)cc1. The molecule has 1 aliphatic rings. The second-order valence-electron chi connectivity index (χ2n) is 5.97. The molecule has 1 aliphatic heterocycles. The number of hydrogen-bond donors (Lipinski definition) is 1. The summed E-state index contributed by atoms with van der Waals surface area (Å²) in [5.74, 6) is 1.73. The van der Waals surface area contributed by atoms with E-state index in [0.717, 1.165) is 22.4 Å². The molecular weight excluding hydrogens is 346 g/mol. The Labute approximate surface area is 156 Å². The quantitative estimate of drug-likeness (QED) is 0.684. The highest BCUT2D eigenvalue weighted by atomic mass is 16.7. The lowest BCUT2D eigenvalue weighted by atomic mass is 9.99. The largest absolute Gasteiger partial charge is 0.497 e. The van der Waals surface area contributed by atoms with Crippen molar-refractivity contribution in [2.45, 2.75) is 6.92 Å². The molecule has 0 saturated carbocycles. The number of methoxy groups -OCH3 is 1. The molecule has 27 heavy (non-hydrogen) atoms. The van der Waals surface area contributed by atoms with Crippen LogP contribution in [0.5, 0.6) is 17.2 Å².